The standard InChI is InChI=1S/C31H33N7O3/c1-34-9-10-36-17-22(15-23(36)18-34)33-26-13-21(16-35(2)30(26)40)24-7-8-32-29(25(24)19-39)38-12-11-37-27-6-4-3-5-20(27)14-28(37)31(38)41/h7-8,11-17,33,39H,3-6,9-10,18-19H2,1-2H3. The number of hydrogen-bond donors (Lipinski definition) is 2. The van der Waals surface area contributed by atoms with Crippen molar-refractivity contribution < 1.29 is 5.11 Å². The average molecular weight is 552 g/mol. The molecular formula is C31H33N7O3. The second-order valence-electron chi connectivity index (χ2n) is 11.2. The van der Waals surface area contributed by atoms with Gasteiger partial charge in [0.15, 0.2) is 0 Å². The fourth-order valence-electron chi connectivity index (χ4n) is 6.37. The molecule has 0 radical (unpaired) electrons. The Labute approximate surface area is 236 Å². The number of aromatic nitrogens is 5. The van der Waals surface area contributed by atoms with E-state index in [1.165, 1.54) is 26.1 Å². The van der Waals surface area contributed by atoms with Crippen LogP contribution in [0.3, 0.4) is 0 Å². The Hall–Kier alpha value is -4.41. The van der Waals surface area contributed by atoms with Crippen molar-refractivity contribution in [2.24, 2.45) is 7.05 Å². The molecule has 0 saturated carbocycles. The van der Waals surface area contributed by atoms with Crippen molar-refractivity contribution >= 4 is 16.9 Å². The van der Waals surface area contributed by atoms with E-state index in [9.17, 15) is 14.7 Å². The van der Waals surface area contributed by atoms with E-state index in [0.717, 1.165) is 56.6 Å². The Morgan fingerprint density at radius 3 is 2.71 bits per heavy atom. The summed E-state index contributed by atoms with van der Waals surface area (Å²) >= 11 is 0. The molecule has 1 aliphatic heterocycles. The molecule has 0 saturated heterocycles. The third kappa shape index (κ3) is 4.30. The minimum atomic E-state index is -0.320. The lowest BCUT2D eigenvalue weighted by Crippen LogP contribution is -2.29. The first-order valence-corrected chi connectivity index (χ1v) is 14.1. The van der Waals surface area contributed by atoms with E-state index in [2.05, 4.69) is 32.9 Å². The number of nitrogens with zero attached hydrogens (tertiary/aromatic N) is 6. The van der Waals surface area contributed by atoms with Gasteiger partial charge in [-0.2, -0.15) is 0 Å². The molecule has 1 aliphatic carbocycles. The Morgan fingerprint density at radius 1 is 1.00 bits per heavy atom. The summed E-state index contributed by atoms with van der Waals surface area (Å²) in [5.74, 6) is 0.379. The molecular weight excluding hydrogens is 518 g/mol. The topological polar surface area (TPSA) is 102 Å². The van der Waals surface area contributed by atoms with Gasteiger partial charge in [0.05, 0.1) is 12.3 Å². The van der Waals surface area contributed by atoms with Gasteiger partial charge in [-0.3, -0.25) is 19.1 Å². The summed E-state index contributed by atoms with van der Waals surface area (Å²) in [4.78, 5) is 33.6. The normalized spacial score (nSPS) is 15.2. The maximum absolute atomic E-state index is 13.7. The molecule has 0 bridgehead atoms. The van der Waals surface area contributed by atoms with Crippen LogP contribution in [0.2, 0.25) is 0 Å². The molecule has 2 aliphatic rings. The molecule has 10 heteroatoms. The lowest BCUT2D eigenvalue weighted by Gasteiger charge is -2.24. The van der Waals surface area contributed by atoms with E-state index in [1.807, 2.05) is 28.9 Å². The Morgan fingerprint density at radius 2 is 1.85 bits per heavy atom. The molecule has 0 amide bonds. The SMILES string of the molecule is CN1CCn2cc(Nc3cc(-c4ccnc(-n5ccn6c7c(cc6c5=O)CCCC7)c4CO)cn(C)c3=O)cc2C1. The molecule has 5 aromatic heterocycles. The minimum absolute atomic E-state index is 0.159. The number of fused-ring (bicyclic) bond motifs is 4. The first-order chi connectivity index (χ1) is 19.9. The highest BCUT2D eigenvalue weighted by Gasteiger charge is 2.21. The summed E-state index contributed by atoms with van der Waals surface area (Å²) in [6, 6.07) is 7.69. The van der Waals surface area contributed by atoms with Gasteiger partial charge in [0.1, 0.15) is 17.0 Å². The predicted octanol–water partition coefficient (Wildman–Crippen LogP) is 3.21. The molecule has 0 atom stereocenters. The molecule has 41 heavy (non-hydrogen) atoms. The van der Waals surface area contributed by atoms with Gasteiger partial charge in [-0.15, -0.1) is 0 Å². The van der Waals surface area contributed by atoms with E-state index in [4.69, 9.17) is 0 Å². The van der Waals surface area contributed by atoms with Crippen LogP contribution in [0.25, 0.3) is 22.5 Å². The van der Waals surface area contributed by atoms with Crippen LogP contribution < -0.4 is 16.4 Å². The first-order valence-electron chi connectivity index (χ1n) is 14.1. The van der Waals surface area contributed by atoms with Crippen molar-refractivity contribution in [3.63, 3.8) is 0 Å². The van der Waals surface area contributed by atoms with Gasteiger partial charge in [0.25, 0.3) is 11.1 Å². The lowest BCUT2D eigenvalue weighted by atomic mass is 9.98. The molecule has 5 aromatic rings. The van der Waals surface area contributed by atoms with E-state index >= 15 is 0 Å². The number of likely N-dealkylation sites (N-methyl/N-ethyl adjacent to an activating group) is 1. The Balaban J connectivity index is 1.30. The number of aryl methyl sites for hydroxylation is 3. The number of anilines is 2. The van der Waals surface area contributed by atoms with Crippen LogP contribution in [0, 0.1) is 0 Å². The minimum Gasteiger partial charge on any atom is -0.392 e. The van der Waals surface area contributed by atoms with Crippen molar-refractivity contribution in [1.82, 2.24) is 28.0 Å². The number of rotatable bonds is 5. The predicted molar refractivity (Wildman–Crippen MR) is 158 cm³/mol. The molecule has 10 nitrogen and oxygen atoms in total. The van der Waals surface area contributed by atoms with Gasteiger partial charge in [-0.05, 0) is 68.1 Å². The van der Waals surface area contributed by atoms with Crippen LogP contribution in [-0.4, -0.2) is 46.7 Å². The molecule has 0 unspecified atom stereocenters. The van der Waals surface area contributed by atoms with Crippen molar-refractivity contribution in [3.05, 3.63) is 98.5 Å². The summed E-state index contributed by atoms with van der Waals surface area (Å²) in [7, 11) is 3.81. The van der Waals surface area contributed by atoms with Crippen molar-refractivity contribution in [2.75, 3.05) is 18.9 Å². The fraction of sp³-hybridized carbons (Fsp3) is 0.323. The molecule has 7 rings (SSSR count). The lowest BCUT2D eigenvalue weighted by molar-refractivity contribution is 0.270. The van der Waals surface area contributed by atoms with Gasteiger partial charge in [-0.1, -0.05) is 0 Å². The third-order valence-corrected chi connectivity index (χ3v) is 8.48. The highest BCUT2D eigenvalue weighted by molar-refractivity contribution is 5.74. The van der Waals surface area contributed by atoms with Crippen LogP contribution >= 0.6 is 0 Å². The highest BCUT2D eigenvalue weighted by atomic mass is 16.3. The fourth-order valence-corrected chi connectivity index (χ4v) is 6.37. The number of pyridine rings is 2. The van der Waals surface area contributed by atoms with E-state index in [1.54, 1.807) is 31.7 Å². The molecule has 6 heterocycles. The van der Waals surface area contributed by atoms with Crippen molar-refractivity contribution in [2.45, 2.75) is 45.4 Å². The average Bonchev–Trinajstić information content (AvgIpc) is 3.56. The van der Waals surface area contributed by atoms with Gasteiger partial charge >= 0.3 is 0 Å². The highest BCUT2D eigenvalue weighted by Crippen LogP contribution is 2.30. The zero-order valence-corrected chi connectivity index (χ0v) is 23.3. The zero-order chi connectivity index (χ0) is 28.2. The number of aliphatic hydroxyl groups is 1. The van der Waals surface area contributed by atoms with Crippen LogP contribution in [0.15, 0.2) is 64.8 Å². The molecule has 2 N–H and O–H groups in total. The van der Waals surface area contributed by atoms with Gasteiger partial charge in [-0.25, -0.2) is 4.98 Å². The summed E-state index contributed by atoms with van der Waals surface area (Å²) < 4.78 is 7.26. The number of nitrogens with one attached hydrogen (secondary N) is 1. The van der Waals surface area contributed by atoms with Gasteiger partial charge in [0.2, 0.25) is 0 Å². The van der Waals surface area contributed by atoms with Crippen LogP contribution in [0.5, 0.6) is 0 Å². The van der Waals surface area contributed by atoms with Crippen molar-refractivity contribution in [1.29, 1.82) is 0 Å². The molecule has 0 spiro atoms. The molecule has 210 valence electrons. The van der Waals surface area contributed by atoms with Gasteiger partial charge in [0, 0.05) is 80.2 Å². The monoisotopic (exact) mass is 551 g/mol. The first kappa shape index (κ1) is 25.6. The van der Waals surface area contributed by atoms with E-state index in [0.29, 0.717) is 28.1 Å². The second-order valence-corrected chi connectivity index (χ2v) is 11.2. The van der Waals surface area contributed by atoms with Crippen LogP contribution in [-0.2, 0) is 39.6 Å². The largest absolute Gasteiger partial charge is 0.392 e. The summed E-state index contributed by atoms with van der Waals surface area (Å²) in [5, 5.41) is 13.9. The van der Waals surface area contributed by atoms with Crippen LogP contribution in [0.1, 0.15) is 35.4 Å². The maximum Gasteiger partial charge on any atom is 0.280 e. The summed E-state index contributed by atoms with van der Waals surface area (Å²) in [6.07, 6.45) is 13.3. The smallest absolute Gasteiger partial charge is 0.280 e. The van der Waals surface area contributed by atoms with Crippen LogP contribution in [0.4, 0.5) is 11.4 Å². The van der Waals surface area contributed by atoms with Gasteiger partial charge < -0.3 is 24.0 Å². The number of aliphatic hydroxyl groups excluding tert-OH is 1. The zero-order valence-electron chi connectivity index (χ0n) is 23.3. The van der Waals surface area contributed by atoms with E-state index < -0.39 is 0 Å². The molecule has 0 aromatic carbocycles. The Bertz CT molecular complexity index is 1930. The second kappa shape index (κ2) is 9.90. The third-order valence-electron chi connectivity index (χ3n) is 8.48. The molecule has 0 fully saturated rings. The summed E-state index contributed by atoms with van der Waals surface area (Å²) in [6.45, 7) is 2.42. The quantitative estimate of drug-likeness (QED) is 0.348. The van der Waals surface area contributed by atoms with E-state index in [-0.39, 0.29) is 17.7 Å². The number of hydrogen-bond acceptors (Lipinski definition) is 6. The maximum atomic E-state index is 13.7. The van der Waals surface area contributed by atoms with Crippen molar-refractivity contribution in [3.8, 4) is 16.9 Å². The summed E-state index contributed by atoms with van der Waals surface area (Å²) in [5.41, 5.74) is 7.17. The Kier molecular flexibility index (Phi) is 6.17.